The zero-order valence-corrected chi connectivity index (χ0v) is 73.3. The van der Waals surface area contributed by atoms with Gasteiger partial charge in [-0.1, -0.05) is 193 Å². The van der Waals surface area contributed by atoms with Gasteiger partial charge in [0.25, 0.3) is 22.6 Å². The second-order valence-corrected chi connectivity index (χ2v) is 38.9. The number of carbonyl (C=O) groups excluding carboxylic acids is 1. The van der Waals surface area contributed by atoms with E-state index in [0.717, 1.165) is 133 Å². The topological polar surface area (TPSA) is 416 Å². The van der Waals surface area contributed by atoms with Crippen LogP contribution in [0.5, 0.6) is 0 Å². The van der Waals surface area contributed by atoms with Crippen molar-refractivity contribution in [3.8, 4) is 35.5 Å². The normalized spacial score (nSPS) is 24.3. The molecule has 22 rings (SSSR count). The number of fused-ring (bicyclic) bond motifs is 8. The lowest BCUT2D eigenvalue weighted by molar-refractivity contribution is -0.190. The number of H-pyrrole nitrogens is 3. The van der Waals surface area contributed by atoms with Crippen molar-refractivity contribution in [2.75, 3.05) is 87.5 Å². The van der Waals surface area contributed by atoms with Crippen molar-refractivity contribution in [3.05, 3.63) is 290 Å². The third kappa shape index (κ3) is 15.4. The quantitative estimate of drug-likeness (QED) is 0.0193. The highest BCUT2D eigenvalue weighted by Gasteiger charge is 2.67. The molecule has 9 heterocycles. The summed E-state index contributed by atoms with van der Waals surface area (Å²) < 4.78 is 108. The molecule has 15 atom stereocenters. The fourth-order valence-corrected chi connectivity index (χ4v) is 21.6. The number of nitrogens with one attached hydrogen (secondary N) is 4. The number of methoxy groups -OCH3 is 3. The summed E-state index contributed by atoms with van der Waals surface area (Å²) in [5.74, 6) is 17.4. The van der Waals surface area contributed by atoms with Crippen molar-refractivity contribution in [3.63, 3.8) is 0 Å². The average molecular weight is 1820 g/mol. The van der Waals surface area contributed by atoms with E-state index in [-0.39, 0.29) is 68.8 Å². The van der Waals surface area contributed by atoms with Crippen LogP contribution in [-0.2, 0) is 69.9 Å². The molecular formula is C96H80N7O25P3. The molecule has 3 aromatic heterocycles. The highest BCUT2D eigenvalue weighted by atomic mass is 31.2. The highest BCUT2D eigenvalue weighted by Crippen LogP contribution is 2.56. The standard InChI is InChI=1S/C34H27N2O8P.C32H28N3O9P.C30H25N2O8P/c1-41-17-34-18-42-29(30(34)44-45(2,39)40)32(43-34)36-16-21(31(37)35-33(36)38)13-12-19-14-15-26-24-10-4-7-20-6-3-9-23(27(20)24)25-11-5-8-22(19)28(25)26;1-41-16-32-17-42-26(27(32)44-45(2,39)40)30(43-32)35-15-21(28(36)34-31(35)38)7-4-14-33-29(37)23-13-11-20-9-8-18-5-3-6-19-10-12-22(23)25(20)24(18)19;1-37-15-30-16-38-25(26(30)40-41(2,35)36)28(39-30)32-14-21(27(33)31-29(32)34)11-7-17-6-8-20-10-9-18-4-3-5-19-12-13-22(17)24(20)23(18)19/h3-11,14-16,29-30,32H,17-18H2,1-2H3,(H,39,40)(H,35,37,38);3,5-6,8-13,15,26-27,30H,14,16-17H2,1-2H3,(H,33,37)(H,39,40)(H,34,36,38);3-6,8-10,12-14,25-26,28H,15-16H2,1-2H3,(H,35,36)(H,31,33,34)/t29-,30?,32+,34-;26-,27?,30+,32-;25-,26?,28+,30-/m000/s1. The number of benzene rings is 13. The smallest absolute Gasteiger partial charge is 0.330 e. The molecule has 6 aliphatic heterocycles. The molecule has 6 fully saturated rings. The molecule has 7 N–H and O–H groups in total. The van der Waals surface area contributed by atoms with Gasteiger partial charge in [-0.3, -0.25) is 75.1 Å². The summed E-state index contributed by atoms with van der Waals surface area (Å²) in [7, 11) is -7.49. The Balaban J connectivity index is 0.000000123. The van der Waals surface area contributed by atoms with Crippen LogP contribution in [-0.4, -0.2) is 190 Å². The lowest BCUT2D eigenvalue weighted by Gasteiger charge is -2.31. The maximum Gasteiger partial charge on any atom is 0.330 e. The van der Waals surface area contributed by atoms with E-state index in [1.807, 2.05) is 84.9 Å². The zero-order valence-electron chi connectivity index (χ0n) is 70.6. The van der Waals surface area contributed by atoms with Crippen molar-refractivity contribution in [2.24, 2.45) is 0 Å². The summed E-state index contributed by atoms with van der Waals surface area (Å²) in [4.78, 5) is 127. The van der Waals surface area contributed by atoms with Gasteiger partial charge >= 0.3 is 39.9 Å². The van der Waals surface area contributed by atoms with Gasteiger partial charge in [-0.25, -0.2) is 14.4 Å². The van der Waals surface area contributed by atoms with Crippen molar-refractivity contribution in [1.29, 1.82) is 0 Å². The van der Waals surface area contributed by atoms with Crippen molar-refractivity contribution in [2.45, 2.75) is 72.1 Å². The van der Waals surface area contributed by atoms with Gasteiger partial charge in [0.2, 0.25) is 0 Å². The largest absolute Gasteiger partial charge is 0.381 e. The van der Waals surface area contributed by atoms with Crippen LogP contribution in [0.2, 0.25) is 0 Å². The number of nitrogens with zero attached hydrogens (tertiary/aromatic N) is 3. The number of rotatable bonds is 17. The van der Waals surface area contributed by atoms with E-state index in [0.29, 0.717) is 5.56 Å². The minimum atomic E-state index is -3.96. The first-order valence-electron chi connectivity index (χ1n) is 41.5. The SMILES string of the molecule is COC[C@]12CO[C@@H](C1OP(C)(=O)O)[C@H](n1cc(C#CCNC(=O)c3ccc4ccc5cccc6ccc3c4c56)c(=O)[nH]c1=O)O2.COC[C@]12CO[C@@H](C1OP(C)(=O)O)[C@H](n1cc(C#Cc3ccc4c5cccc6cccc(c7cccc3c74)c65)c(=O)[nH]c1=O)O2.COC[C@]12CO[C@@H](C1OP(C)(=O)O)[C@H](n1cc(C#Cc3ccc4ccc5cccc6ccc3c4c56)c(=O)[nH]c1=O)O2. The third-order valence-electron chi connectivity index (χ3n) is 24.8. The molecule has 0 radical (unpaired) electrons. The molecule has 16 aromatic rings. The van der Waals surface area contributed by atoms with Crippen molar-refractivity contribution >= 4 is 136 Å². The number of aromatic amines is 3. The summed E-state index contributed by atoms with van der Waals surface area (Å²) in [5, 5.41) is 24.6. The summed E-state index contributed by atoms with van der Waals surface area (Å²) in [5.41, 5.74) is -5.95. The second kappa shape index (κ2) is 33.1. The summed E-state index contributed by atoms with van der Waals surface area (Å²) in [6.07, 6.45) is -5.02. The molecule has 32 nitrogen and oxygen atoms in total. The van der Waals surface area contributed by atoms with Crippen LogP contribution >= 0.6 is 22.8 Å². The maximum atomic E-state index is 13.2. The molecule has 1 amide bonds. The lowest BCUT2D eigenvalue weighted by Crippen LogP contribution is -2.46. The molecule has 664 valence electrons. The van der Waals surface area contributed by atoms with Crippen LogP contribution in [0.25, 0.3) is 108 Å². The van der Waals surface area contributed by atoms with Crippen LogP contribution in [0, 0.1) is 35.5 Å². The number of carbonyl (C=O) groups is 1. The Morgan fingerprint density at radius 3 is 1.11 bits per heavy atom. The highest BCUT2D eigenvalue weighted by molar-refractivity contribution is 7.52. The Kier molecular flexibility index (Phi) is 21.9. The van der Waals surface area contributed by atoms with Crippen LogP contribution in [0.4, 0.5) is 0 Å². The minimum absolute atomic E-state index is 0.000527. The van der Waals surface area contributed by atoms with Gasteiger partial charge in [0.05, 0.1) is 46.2 Å². The number of hydrogen-bond acceptors (Lipinski definition) is 22. The Hall–Kier alpha value is -12.5. The van der Waals surface area contributed by atoms with Gasteiger partial charge in [-0.05, 0) is 126 Å². The Bertz CT molecular complexity index is 8100. The van der Waals surface area contributed by atoms with Crippen LogP contribution < -0.4 is 39.1 Å². The van der Waals surface area contributed by atoms with Crippen LogP contribution in [0.1, 0.15) is 56.9 Å². The lowest BCUT2D eigenvalue weighted by atomic mass is 9.88. The Morgan fingerprint density at radius 2 is 0.695 bits per heavy atom. The van der Waals surface area contributed by atoms with Gasteiger partial charge in [0.15, 0.2) is 18.7 Å². The summed E-state index contributed by atoms with van der Waals surface area (Å²) in [6, 6.07) is 59.1. The van der Waals surface area contributed by atoms with E-state index >= 15 is 0 Å². The molecule has 0 aliphatic carbocycles. The van der Waals surface area contributed by atoms with E-state index in [4.69, 9.17) is 56.2 Å². The molecule has 0 saturated carbocycles. The molecule has 131 heavy (non-hydrogen) atoms. The average Bonchev–Trinajstić information content (AvgIpc) is 1.45. The van der Waals surface area contributed by atoms with E-state index in [2.05, 4.69) is 141 Å². The van der Waals surface area contributed by atoms with Gasteiger partial charge in [0, 0.05) is 76.6 Å². The predicted octanol–water partition coefficient (Wildman–Crippen LogP) is 10.6. The number of ether oxygens (including phenoxy) is 9. The molecule has 6 unspecified atom stereocenters. The van der Waals surface area contributed by atoms with Gasteiger partial charge in [0.1, 0.15) is 70.1 Å². The fraction of sp³-hybridized carbons (Fsp3) is 0.260. The van der Waals surface area contributed by atoms with Gasteiger partial charge in [-0.2, -0.15) is 0 Å². The number of hydrogen-bond donors (Lipinski definition) is 7. The molecule has 6 saturated heterocycles. The monoisotopic (exact) mass is 1820 g/mol. The van der Waals surface area contributed by atoms with Crippen molar-refractivity contribution in [1.82, 2.24) is 34.0 Å². The third-order valence-corrected chi connectivity index (χ3v) is 26.6. The molecule has 6 bridgehead atoms. The van der Waals surface area contributed by atoms with Crippen LogP contribution in [0.15, 0.2) is 223 Å². The van der Waals surface area contributed by atoms with E-state index in [9.17, 15) is 61.9 Å². The van der Waals surface area contributed by atoms with Gasteiger partial charge < -0.3 is 62.6 Å². The van der Waals surface area contributed by atoms with Crippen molar-refractivity contribution < 1.29 is 89.4 Å². The number of aromatic nitrogens is 6. The van der Waals surface area contributed by atoms with Crippen LogP contribution in [0.3, 0.4) is 0 Å². The summed E-state index contributed by atoms with van der Waals surface area (Å²) >= 11 is 0. The first kappa shape index (κ1) is 86.6. The molecular weight excluding hydrogens is 1740 g/mol. The molecule has 13 aromatic carbocycles. The Labute approximate surface area is 741 Å². The van der Waals surface area contributed by atoms with Gasteiger partial charge in [-0.15, -0.1) is 0 Å². The van der Waals surface area contributed by atoms with E-state index in [1.165, 1.54) is 59.8 Å². The van der Waals surface area contributed by atoms with E-state index < -0.39 is 129 Å². The minimum Gasteiger partial charge on any atom is -0.381 e. The fourth-order valence-electron chi connectivity index (χ4n) is 19.4. The molecule has 0 spiro atoms. The first-order valence-corrected chi connectivity index (χ1v) is 47.6. The Morgan fingerprint density at radius 1 is 0.389 bits per heavy atom. The maximum absolute atomic E-state index is 13.2. The van der Waals surface area contributed by atoms with E-state index in [1.54, 1.807) is 6.07 Å². The molecule has 6 aliphatic rings. The zero-order chi connectivity index (χ0) is 91.1. The molecule has 35 heteroatoms. The number of amides is 1. The second-order valence-electron chi connectivity index (χ2n) is 33.5. The first-order chi connectivity index (χ1) is 62.9. The predicted molar refractivity (Wildman–Crippen MR) is 488 cm³/mol. The summed E-state index contributed by atoms with van der Waals surface area (Å²) in [6.45, 7) is 3.20.